The van der Waals surface area contributed by atoms with Crippen molar-refractivity contribution >= 4 is 23.3 Å². The molecule has 2 rings (SSSR count). The van der Waals surface area contributed by atoms with Gasteiger partial charge in [0.25, 0.3) is 11.4 Å². The van der Waals surface area contributed by atoms with Crippen molar-refractivity contribution < 1.29 is 19.7 Å². The van der Waals surface area contributed by atoms with Gasteiger partial charge in [-0.3, -0.25) is 25.7 Å². The topological polar surface area (TPSA) is 143 Å². The predicted molar refractivity (Wildman–Crippen MR) is 83.4 cm³/mol. The number of para-hydroxylation sites is 2. The number of anilines is 1. The summed E-state index contributed by atoms with van der Waals surface area (Å²) in [6.45, 7) is 0. The molecule has 0 radical (unpaired) electrons. The highest BCUT2D eigenvalue weighted by molar-refractivity contribution is 5.83. The van der Waals surface area contributed by atoms with E-state index >= 15 is 0 Å². The van der Waals surface area contributed by atoms with Crippen LogP contribution >= 0.6 is 0 Å². The lowest BCUT2D eigenvalue weighted by Crippen LogP contribution is -2.02. The van der Waals surface area contributed by atoms with Crippen LogP contribution in [0.1, 0.15) is 5.56 Å². The third kappa shape index (κ3) is 3.55. The average molecular weight is 331 g/mol. The van der Waals surface area contributed by atoms with E-state index in [9.17, 15) is 25.3 Å². The van der Waals surface area contributed by atoms with Crippen molar-refractivity contribution in [3.63, 3.8) is 0 Å². The minimum atomic E-state index is -0.841. The molecule has 0 bridgehead atoms. The minimum absolute atomic E-state index is 0.153. The average Bonchev–Trinajstić information content (AvgIpc) is 2.56. The number of rotatable bonds is 6. The van der Waals surface area contributed by atoms with E-state index in [0.29, 0.717) is 0 Å². The normalized spacial score (nSPS) is 10.5. The van der Waals surface area contributed by atoms with Crippen LogP contribution in [0.3, 0.4) is 0 Å². The van der Waals surface area contributed by atoms with E-state index in [4.69, 9.17) is 4.74 Å². The Morgan fingerprint density at radius 1 is 1.12 bits per heavy atom. The number of hydrazone groups is 1. The van der Waals surface area contributed by atoms with Crippen molar-refractivity contribution in [3.8, 4) is 11.5 Å². The summed E-state index contributed by atoms with van der Waals surface area (Å²) in [5.41, 5.74) is 2.04. The molecule has 10 nitrogen and oxygen atoms in total. The van der Waals surface area contributed by atoms with Crippen molar-refractivity contribution in [2.45, 2.75) is 0 Å². The van der Waals surface area contributed by atoms with Crippen LogP contribution in [0.15, 0.2) is 41.5 Å². The smallest absolute Gasteiger partial charge is 0.294 e. The van der Waals surface area contributed by atoms with Gasteiger partial charge in [0.2, 0.25) is 0 Å². The molecule has 0 saturated carbocycles. The van der Waals surface area contributed by atoms with Crippen LogP contribution in [0.2, 0.25) is 0 Å². The van der Waals surface area contributed by atoms with Crippen molar-refractivity contribution in [2.24, 2.45) is 5.10 Å². The number of methoxy groups -OCH3 is 1. The molecule has 0 aliphatic rings. The van der Waals surface area contributed by atoms with E-state index in [2.05, 4.69) is 10.5 Å². The zero-order chi connectivity index (χ0) is 17.7. The van der Waals surface area contributed by atoms with E-state index in [1.54, 1.807) is 6.07 Å². The van der Waals surface area contributed by atoms with Crippen LogP contribution in [0.4, 0.5) is 17.1 Å². The summed E-state index contributed by atoms with van der Waals surface area (Å²) in [5, 5.41) is 37.3. The summed E-state index contributed by atoms with van der Waals surface area (Å²) in [6.07, 6.45) is 1.19. The molecule has 0 unspecified atom stereocenters. The molecule has 124 valence electrons. The number of ether oxygens (including phenoxy) is 1. The van der Waals surface area contributed by atoms with Gasteiger partial charge in [0.1, 0.15) is 11.4 Å². The molecule has 10 heteroatoms. The van der Waals surface area contributed by atoms with E-state index < -0.39 is 21.3 Å². The summed E-state index contributed by atoms with van der Waals surface area (Å²) in [7, 11) is 1.22. The van der Waals surface area contributed by atoms with Gasteiger partial charge < -0.3 is 9.84 Å². The molecule has 24 heavy (non-hydrogen) atoms. The molecule has 1 N–H and O–H groups in total. The summed E-state index contributed by atoms with van der Waals surface area (Å²) in [6, 6.07) is 8.17. The molecular formula is C14H11N4O6-. The molecule has 0 aliphatic carbocycles. The van der Waals surface area contributed by atoms with Gasteiger partial charge in [-0.15, -0.1) is 0 Å². The summed E-state index contributed by atoms with van der Waals surface area (Å²) < 4.78 is 4.80. The zero-order valence-corrected chi connectivity index (χ0v) is 12.3. The standard InChI is InChI=1S/C14H12N4O6/c1-24-13-7-9(6-12(14(13)19)18(22)23)8-15-16-10-4-2-3-5-11(10)17(20)21/h2-8,16,19H,1H3/p-1/b15-8-. The second kappa shape index (κ2) is 7.05. The van der Waals surface area contributed by atoms with Gasteiger partial charge in [-0.25, -0.2) is 0 Å². The molecule has 2 aromatic rings. The first-order valence-corrected chi connectivity index (χ1v) is 6.50. The quantitative estimate of drug-likeness (QED) is 0.484. The van der Waals surface area contributed by atoms with E-state index in [1.165, 1.54) is 37.6 Å². The SMILES string of the molecule is COc1cc(/C=N\Nc2ccccc2[N+](=O)[O-])cc([N+](=O)[O-])c1[O-]. The molecule has 0 heterocycles. The maximum Gasteiger partial charge on any atom is 0.294 e. The maximum atomic E-state index is 11.7. The number of nitro groups is 2. The van der Waals surface area contributed by atoms with E-state index in [1.807, 2.05) is 0 Å². The lowest BCUT2D eigenvalue weighted by molar-refractivity contribution is -0.398. The van der Waals surface area contributed by atoms with Crippen LogP contribution < -0.4 is 15.3 Å². The highest BCUT2D eigenvalue weighted by Gasteiger charge is 2.13. The first-order valence-electron chi connectivity index (χ1n) is 6.50. The number of nitrogens with one attached hydrogen (secondary N) is 1. The maximum absolute atomic E-state index is 11.7. The Balaban J connectivity index is 2.28. The second-order valence-electron chi connectivity index (χ2n) is 4.47. The third-order valence-corrected chi connectivity index (χ3v) is 2.97. The zero-order valence-electron chi connectivity index (χ0n) is 12.3. The molecular weight excluding hydrogens is 320 g/mol. The Bertz CT molecular complexity index is 821. The Morgan fingerprint density at radius 2 is 1.79 bits per heavy atom. The highest BCUT2D eigenvalue weighted by atomic mass is 16.6. The number of nitrogens with zero attached hydrogens (tertiary/aromatic N) is 3. The third-order valence-electron chi connectivity index (χ3n) is 2.97. The number of benzene rings is 2. The van der Waals surface area contributed by atoms with Crippen molar-refractivity contribution in [1.29, 1.82) is 0 Å². The molecule has 0 fully saturated rings. The molecule has 0 spiro atoms. The van der Waals surface area contributed by atoms with Crippen molar-refractivity contribution in [2.75, 3.05) is 12.5 Å². The van der Waals surface area contributed by atoms with Gasteiger partial charge >= 0.3 is 0 Å². The lowest BCUT2D eigenvalue weighted by Gasteiger charge is -2.12. The van der Waals surface area contributed by atoms with Crippen molar-refractivity contribution in [1.82, 2.24) is 0 Å². The number of nitro benzene ring substituents is 2. The molecule has 0 aliphatic heterocycles. The van der Waals surface area contributed by atoms with Crippen LogP contribution in [0.5, 0.6) is 11.5 Å². The largest absolute Gasteiger partial charge is 0.865 e. The fourth-order valence-electron chi connectivity index (χ4n) is 1.87. The van der Waals surface area contributed by atoms with Gasteiger partial charge in [-0.05, 0) is 12.1 Å². The summed E-state index contributed by atoms with van der Waals surface area (Å²) >= 11 is 0. The lowest BCUT2D eigenvalue weighted by atomic mass is 10.2. The minimum Gasteiger partial charge on any atom is -0.865 e. The fraction of sp³-hybridized carbons (Fsp3) is 0.0714. The van der Waals surface area contributed by atoms with Crippen LogP contribution in [0.25, 0.3) is 0 Å². The highest BCUT2D eigenvalue weighted by Crippen LogP contribution is 2.34. The summed E-state index contributed by atoms with van der Waals surface area (Å²) in [4.78, 5) is 20.4. The first kappa shape index (κ1) is 16.7. The van der Waals surface area contributed by atoms with Crippen LogP contribution in [-0.2, 0) is 0 Å². The van der Waals surface area contributed by atoms with Gasteiger partial charge in [-0.1, -0.05) is 12.1 Å². The van der Waals surface area contributed by atoms with Gasteiger partial charge in [0.05, 0.1) is 23.2 Å². The number of hydrogen-bond donors (Lipinski definition) is 1. The first-order chi connectivity index (χ1) is 11.4. The predicted octanol–water partition coefficient (Wildman–Crippen LogP) is 2.03. The van der Waals surface area contributed by atoms with Gasteiger partial charge in [0, 0.05) is 23.4 Å². The Morgan fingerprint density at radius 3 is 2.42 bits per heavy atom. The van der Waals surface area contributed by atoms with Crippen molar-refractivity contribution in [3.05, 3.63) is 62.2 Å². The van der Waals surface area contributed by atoms with E-state index in [-0.39, 0.29) is 22.7 Å². The second-order valence-corrected chi connectivity index (χ2v) is 4.47. The molecule has 0 amide bonds. The van der Waals surface area contributed by atoms with Crippen LogP contribution in [-0.4, -0.2) is 23.2 Å². The fourth-order valence-corrected chi connectivity index (χ4v) is 1.87. The molecule has 2 aromatic carbocycles. The summed E-state index contributed by atoms with van der Waals surface area (Å²) in [5.74, 6) is -1.04. The molecule has 0 atom stereocenters. The number of hydrogen-bond acceptors (Lipinski definition) is 8. The molecule has 0 aromatic heterocycles. The monoisotopic (exact) mass is 331 g/mol. The molecule has 0 saturated heterocycles. The Hall–Kier alpha value is -3.69. The van der Waals surface area contributed by atoms with Gasteiger partial charge in [0.15, 0.2) is 0 Å². The van der Waals surface area contributed by atoms with Crippen LogP contribution in [0, 0.1) is 20.2 Å². The van der Waals surface area contributed by atoms with Gasteiger partial charge in [-0.2, -0.15) is 5.10 Å². The Labute approximate surface area is 135 Å². The van der Waals surface area contributed by atoms with E-state index in [0.717, 1.165) is 6.07 Å². The Kier molecular flexibility index (Phi) is 4.90.